The predicted molar refractivity (Wildman–Crippen MR) is 102 cm³/mol. The predicted octanol–water partition coefficient (Wildman–Crippen LogP) is 1.05. The van der Waals surface area contributed by atoms with Gasteiger partial charge >= 0.3 is 0 Å². The highest BCUT2D eigenvalue weighted by molar-refractivity contribution is 5.80. The van der Waals surface area contributed by atoms with Crippen LogP contribution in [-0.2, 0) is 4.79 Å². The summed E-state index contributed by atoms with van der Waals surface area (Å²) < 4.78 is 0. The van der Waals surface area contributed by atoms with Crippen LogP contribution >= 0.6 is 0 Å². The Balaban J connectivity index is 1.41. The van der Waals surface area contributed by atoms with E-state index in [1.165, 1.54) is 16.2 Å². The number of hydrogen-bond acceptors (Lipinski definition) is 3. The molecule has 1 atom stereocenters. The number of carbonyl (C=O) groups excluding carboxylic acids is 1. The smallest absolute Gasteiger partial charge is 0.223 e. The number of pyridine rings is 1. The van der Waals surface area contributed by atoms with Gasteiger partial charge in [0.15, 0.2) is 0 Å². The Kier molecular flexibility index (Phi) is 5.16. The zero-order valence-corrected chi connectivity index (χ0v) is 15.1. The highest BCUT2D eigenvalue weighted by atomic mass is 16.2. The summed E-state index contributed by atoms with van der Waals surface area (Å²) in [5, 5.41) is 3.18. The summed E-state index contributed by atoms with van der Waals surface area (Å²) in [4.78, 5) is 20.4. The Morgan fingerprint density at radius 2 is 1.92 bits per heavy atom. The molecular weight excluding hydrogens is 324 g/mol. The summed E-state index contributed by atoms with van der Waals surface area (Å²) in [5.74, 6) is 0.482. The molecule has 1 aliphatic heterocycles. The van der Waals surface area contributed by atoms with Crippen LogP contribution in [0.5, 0.6) is 0 Å². The van der Waals surface area contributed by atoms with Crippen LogP contribution in [0.4, 0.5) is 5.69 Å². The van der Waals surface area contributed by atoms with Crippen LogP contribution in [0.2, 0.25) is 0 Å². The van der Waals surface area contributed by atoms with Gasteiger partial charge in [-0.15, -0.1) is 0 Å². The van der Waals surface area contributed by atoms with Gasteiger partial charge in [0.25, 0.3) is 0 Å². The number of para-hydroxylation sites is 1. The minimum absolute atomic E-state index is 0.223. The van der Waals surface area contributed by atoms with Crippen molar-refractivity contribution in [3.8, 4) is 0 Å². The molecule has 2 aromatic rings. The second kappa shape index (κ2) is 7.87. The lowest BCUT2D eigenvalue weighted by Crippen LogP contribution is -3.15. The second-order valence-electron chi connectivity index (χ2n) is 7.34. The third kappa shape index (κ3) is 4.05. The molecule has 136 valence electrons. The van der Waals surface area contributed by atoms with Gasteiger partial charge in [0.05, 0.1) is 32.7 Å². The van der Waals surface area contributed by atoms with Gasteiger partial charge < -0.3 is 15.1 Å². The quantitative estimate of drug-likeness (QED) is 0.818. The molecule has 1 aromatic carbocycles. The zero-order valence-electron chi connectivity index (χ0n) is 15.1. The van der Waals surface area contributed by atoms with E-state index in [2.05, 4.69) is 51.6 Å². The summed E-state index contributed by atoms with van der Waals surface area (Å²) in [6.45, 7) is 4.89. The molecule has 1 saturated heterocycles. The van der Waals surface area contributed by atoms with Crippen LogP contribution in [0, 0.1) is 5.92 Å². The number of nitrogens with zero attached hydrogens (tertiary/aromatic N) is 2. The van der Waals surface area contributed by atoms with Crippen molar-refractivity contribution in [3.63, 3.8) is 0 Å². The molecule has 1 amide bonds. The SMILES string of the molecule is O=C(NCC(c1cccnc1)[NH+]1CCN(c2ccccc2)CC1)C1CC1. The minimum atomic E-state index is 0.223. The zero-order chi connectivity index (χ0) is 17.8. The summed E-state index contributed by atoms with van der Waals surface area (Å²) in [5.41, 5.74) is 2.51. The molecule has 0 bridgehead atoms. The van der Waals surface area contributed by atoms with Gasteiger partial charge in [-0.1, -0.05) is 18.2 Å². The van der Waals surface area contributed by atoms with Gasteiger partial charge in [0.2, 0.25) is 5.91 Å². The van der Waals surface area contributed by atoms with E-state index in [0.717, 1.165) is 39.0 Å². The fourth-order valence-corrected chi connectivity index (χ4v) is 3.81. The number of nitrogens with one attached hydrogen (secondary N) is 2. The van der Waals surface area contributed by atoms with E-state index in [-0.39, 0.29) is 17.9 Å². The summed E-state index contributed by atoms with van der Waals surface area (Å²) >= 11 is 0. The van der Waals surface area contributed by atoms with Gasteiger partial charge in [-0.25, -0.2) is 0 Å². The minimum Gasteiger partial charge on any atom is -0.360 e. The normalized spacial score (nSPS) is 19.2. The number of quaternary nitrogens is 1. The molecule has 26 heavy (non-hydrogen) atoms. The molecule has 4 rings (SSSR count). The average molecular weight is 351 g/mol. The first-order chi connectivity index (χ1) is 12.8. The largest absolute Gasteiger partial charge is 0.360 e. The van der Waals surface area contributed by atoms with E-state index >= 15 is 0 Å². The van der Waals surface area contributed by atoms with Gasteiger partial charge in [0, 0.05) is 29.6 Å². The Hall–Kier alpha value is -2.40. The highest BCUT2D eigenvalue weighted by Crippen LogP contribution is 2.28. The van der Waals surface area contributed by atoms with Gasteiger partial charge in [0.1, 0.15) is 6.04 Å². The van der Waals surface area contributed by atoms with E-state index in [4.69, 9.17) is 0 Å². The lowest BCUT2D eigenvalue weighted by atomic mass is 10.1. The number of benzene rings is 1. The Bertz CT molecular complexity index is 709. The van der Waals surface area contributed by atoms with Crippen LogP contribution in [0.1, 0.15) is 24.4 Å². The van der Waals surface area contributed by atoms with E-state index in [0.29, 0.717) is 6.54 Å². The Morgan fingerprint density at radius 1 is 1.15 bits per heavy atom. The van der Waals surface area contributed by atoms with Crippen LogP contribution < -0.4 is 15.1 Å². The maximum Gasteiger partial charge on any atom is 0.223 e. The molecular formula is C21H27N4O+. The van der Waals surface area contributed by atoms with Gasteiger partial charge in [-0.3, -0.25) is 9.78 Å². The number of carbonyl (C=O) groups is 1. The topological polar surface area (TPSA) is 49.7 Å². The van der Waals surface area contributed by atoms with Crippen molar-refractivity contribution in [2.24, 2.45) is 5.92 Å². The molecule has 2 heterocycles. The third-order valence-electron chi connectivity index (χ3n) is 5.54. The van der Waals surface area contributed by atoms with Crippen LogP contribution in [0.15, 0.2) is 54.9 Å². The number of aromatic nitrogens is 1. The average Bonchev–Trinajstić information content (AvgIpc) is 3.55. The van der Waals surface area contributed by atoms with Crippen molar-refractivity contribution in [2.75, 3.05) is 37.6 Å². The number of amides is 1. The lowest BCUT2D eigenvalue weighted by Gasteiger charge is -2.37. The maximum atomic E-state index is 12.1. The van der Waals surface area contributed by atoms with Gasteiger partial charge in [-0.05, 0) is 37.1 Å². The Labute approximate surface area is 155 Å². The first kappa shape index (κ1) is 17.0. The fourth-order valence-electron chi connectivity index (χ4n) is 3.81. The summed E-state index contributed by atoms with van der Waals surface area (Å²) in [7, 11) is 0. The second-order valence-corrected chi connectivity index (χ2v) is 7.34. The molecule has 1 saturated carbocycles. The van der Waals surface area contributed by atoms with Crippen molar-refractivity contribution in [3.05, 3.63) is 60.4 Å². The van der Waals surface area contributed by atoms with Crippen molar-refractivity contribution >= 4 is 11.6 Å². The van der Waals surface area contributed by atoms with Crippen LogP contribution in [-0.4, -0.2) is 43.6 Å². The summed E-state index contributed by atoms with van der Waals surface area (Å²) in [6, 6.07) is 15.0. The number of anilines is 1. The fraction of sp³-hybridized carbons (Fsp3) is 0.429. The first-order valence-electron chi connectivity index (χ1n) is 9.63. The first-order valence-corrected chi connectivity index (χ1v) is 9.63. The van der Waals surface area contributed by atoms with E-state index < -0.39 is 0 Å². The van der Waals surface area contributed by atoms with E-state index in [1.807, 2.05) is 18.5 Å². The molecule has 2 N–H and O–H groups in total. The Morgan fingerprint density at radius 3 is 2.58 bits per heavy atom. The molecule has 0 spiro atoms. The van der Waals surface area contributed by atoms with E-state index in [9.17, 15) is 4.79 Å². The van der Waals surface area contributed by atoms with Crippen molar-refractivity contribution in [1.29, 1.82) is 0 Å². The molecule has 0 radical (unpaired) electrons. The van der Waals surface area contributed by atoms with Crippen LogP contribution in [0.3, 0.4) is 0 Å². The molecule has 2 aliphatic rings. The third-order valence-corrected chi connectivity index (χ3v) is 5.54. The van der Waals surface area contributed by atoms with Crippen LogP contribution in [0.25, 0.3) is 0 Å². The monoisotopic (exact) mass is 351 g/mol. The molecule has 1 aromatic heterocycles. The molecule has 1 unspecified atom stereocenters. The molecule has 5 heteroatoms. The molecule has 2 fully saturated rings. The highest BCUT2D eigenvalue weighted by Gasteiger charge is 2.33. The van der Waals surface area contributed by atoms with E-state index in [1.54, 1.807) is 0 Å². The lowest BCUT2D eigenvalue weighted by molar-refractivity contribution is -0.931. The van der Waals surface area contributed by atoms with Crippen molar-refractivity contribution < 1.29 is 9.69 Å². The molecule has 5 nitrogen and oxygen atoms in total. The standard InChI is InChI=1S/C21H26N4O/c26-21(17-8-9-17)23-16-20(18-5-4-10-22-15-18)25-13-11-24(12-14-25)19-6-2-1-3-7-19/h1-7,10,15,17,20H,8-9,11-14,16H2,(H,23,26)/p+1. The maximum absolute atomic E-state index is 12.1. The molecule has 1 aliphatic carbocycles. The van der Waals surface area contributed by atoms with Crippen molar-refractivity contribution in [1.82, 2.24) is 10.3 Å². The van der Waals surface area contributed by atoms with Gasteiger partial charge in [-0.2, -0.15) is 0 Å². The van der Waals surface area contributed by atoms with Crippen molar-refractivity contribution in [2.45, 2.75) is 18.9 Å². The number of piperazine rings is 1. The summed E-state index contributed by atoms with van der Waals surface area (Å²) in [6.07, 6.45) is 5.86. The number of rotatable bonds is 6. The number of hydrogen-bond donors (Lipinski definition) is 2.